The van der Waals surface area contributed by atoms with Gasteiger partial charge in [-0.2, -0.15) is 0 Å². The summed E-state index contributed by atoms with van der Waals surface area (Å²) < 4.78 is 3.21. The molecule has 0 aliphatic heterocycles. The third-order valence-corrected chi connectivity index (χ3v) is 5.49. The van der Waals surface area contributed by atoms with E-state index in [-0.39, 0.29) is 5.91 Å². The summed E-state index contributed by atoms with van der Waals surface area (Å²) in [6.45, 7) is 5.05. The van der Waals surface area contributed by atoms with Gasteiger partial charge in [-0.1, -0.05) is 57.9 Å². The standard InChI is InChI=1S/C24H22BrN3O/c1-16-10-11-20(17(2)12-16)24(29)26-14-23-27-21-8-3-4-9-22(21)28(23)15-18-6-5-7-19(25)13-18/h3-13H,14-15H2,1-2H3,(H,26,29). The van der Waals surface area contributed by atoms with E-state index >= 15 is 0 Å². The molecule has 3 aromatic carbocycles. The van der Waals surface area contributed by atoms with Crippen LogP contribution in [0.1, 0.15) is 32.9 Å². The summed E-state index contributed by atoms with van der Waals surface area (Å²) in [6.07, 6.45) is 0. The van der Waals surface area contributed by atoms with E-state index in [1.54, 1.807) is 0 Å². The van der Waals surface area contributed by atoms with E-state index in [4.69, 9.17) is 4.98 Å². The van der Waals surface area contributed by atoms with Crippen molar-refractivity contribution in [3.05, 3.63) is 99.3 Å². The highest BCUT2D eigenvalue weighted by Crippen LogP contribution is 2.20. The first kappa shape index (κ1) is 19.4. The fourth-order valence-electron chi connectivity index (χ4n) is 3.58. The number of hydrogen-bond acceptors (Lipinski definition) is 2. The van der Waals surface area contributed by atoms with Gasteiger partial charge in [-0.05, 0) is 55.3 Å². The molecule has 1 heterocycles. The smallest absolute Gasteiger partial charge is 0.251 e. The molecule has 29 heavy (non-hydrogen) atoms. The summed E-state index contributed by atoms with van der Waals surface area (Å²) in [5.74, 6) is 0.757. The van der Waals surface area contributed by atoms with Crippen LogP contribution < -0.4 is 5.32 Å². The average Bonchev–Trinajstić information content (AvgIpc) is 3.04. The number of fused-ring (bicyclic) bond motifs is 1. The first-order chi connectivity index (χ1) is 14.0. The van der Waals surface area contributed by atoms with Crippen molar-refractivity contribution in [1.82, 2.24) is 14.9 Å². The molecule has 0 aliphatic carbocycles. The molecule has 0 spiro atoms. The highest BCUT2D eigenvalue weighted by molar-refractivity contribution is 9.10. The van der Waals surface area contributed by atoms with Crippen LogP contribution in [0.5, 0.6) is 0 Å². The number of aromatic nitrogens is 2. The zero-order valence-corrected chi connectivity index (χ0v) is 18.0. The van der Waals surface area contributed by atoms with Crippen LogP contribution in [0.4, 0.5) is 0 Å². The topological polar surface area (TPSA) is 46.9 Å². The Morgan fingerprint density at radius 2 is 1.86 bits per heavy atom. The minimum atomic E-state index is -0.0800. The average molecular weight is 448 g/mol. The number of halogens is 1. The van der Waals surface area contributed by atoms with Crippen LogP contribution in [-0.4, -0.2) is 15.5 Å². The summed E-state index contributed by atoms with van der Waals surface area (Å²) in [7, 11) is 0. The predicted molar refractivity (Wildman–Crippen MR) is 120 cm³/mol. The van der Waals surface area contributed by atoms with Gasteiger partial charge in [0.1, 0.15) is 5.82 Å². The van der Waals surface area contributed by atoms with Crippen molar-refractivity contribution in [1.29, 1.82) is 0 Å². The number of para-hydroxylation sites is 2. The first-order valence-corrected chi connectivity index (χ1v) is 10.3. The van der Waals surface area contributed by atoms with Gasteiger partial charge in [0.2, 0.25) is 0 Å². The summed E-state index contributed by atoms with van der Waals surface area (Å²) in [6, 6.07) is 22.2. The maximum atomic E-state index is 12.7. The van der Waals surface area contributed by atoms with E-state index in [0.29, 0.717) is 18.7 Å². The van der Waals surface area contributed by atoms with Crippen molar-refractivity contribution in [3.63, 3.8) is 0 Å². The molecular formula is C24H22BrN3O. The number of hydrogen-bond donors (Lipinski definition) is 1. The first-order valence-electron chi connectivity index (χ1n) is 9.55. The molecule has 146 valence electrons. The zero-order chi connectivity index (χ0) is 20.4. The number of amides is 1. The van der Waals surface area contributed by atoms with Gasteiger partial charge in [0.05, 0.1) is 17.6 Å². The lowest BCUT2D eigenvalue weighted by atomic mass is 10.1. The lowest BCUT2D eigenvalue weighted by Gasteiger charge is -2.12. The van der Waals surface area contributed by atoms with Crippen LogP contribution in [-0.2, 0) is 13.1 Å². The molecule has 1 aromatic heterocycles. The van der Waals surface area contributed by atoms with Gasteiger partial charge < -0.3 is 9.88 Å². The number of nitrogens with zero attached hydrogens (tertiary/aromatic N) is 2. The molecule has 4 aromatic rings. The van der Waals surface area contributed by atoms with Gasteiger partial charge in [-0.25, -0.2) is 4.98 Å². The molecule has 1 N–H and O–H groups in total. The Morgan fingerprint density at radius 1 is 1.03 bits per heavy atom. The van der Waals surface area contributed by atoms with Gasteiger partial charge >= 0.3 is 0 Å². The maximum absolute atomic E-state index is 12.7. The van der Waals surface area contributed by atoms with Gasteiger partial charge in [-0.15, -0.1) is 0 Å². The van der Waals surface area contributed by atoms with Crippen molar-refractivity contribution in [2.75, 3.05) is 0 Å². The van der Waals surface area contributed by atoms with Crippen LogP contribution in [0, 0.1) is 13.8 Å². The number of imidazole rings is 1. The maximum Gasteiger partial charge on any atom is 0.251 e. The summed E-state index contributed by atoms with van der Waals surface area (Å²) in [5, 5.41) is 3.04. The zero-order valence-electron chi connectivity index (χ0n) is 16.4. The number of carbonyl (C=O) groups excluding carboxylic acids is 1. The normalized spacial score (nSPS) is 11.0. The summed E-state index contributed by atoms with van der Waals surface area (Å²) >= 11 is 3.54. The van der Waals surface area contributed by atoms with Crippen molar-refractivity contribution in [3.8, 4) is 0 Å². The van der Waals surface area contributed by atoms with Gasteiger partial charge in [0, 0.05) is 16.6 Å². The number of carbonyl (C=O) groups is 1. The lowest BCUT2D eigenvalue weighted by Crippen LogP contribution is -2.25. The Bertz CT molecular complexity index is 1200. The Kier molecular flexibility index (Phi) is 5.49. The second-order valence-corrected chi connectivity index (χ2v) is 8.15. The lowest BCUT2D eigenvalue weighted by molar-refractivity contribution is 0.0949. The SMILES string of the molecule is Cc1ccc(C(=O)NCc2nc3ccccc3n2Cc2cccc(Br)c2)c(C)c1. The van der Waals surface area contributed by atoms with Gasteiger partial charge in [0.25, 0.3) is 5.91 Å². The third kappa shape index (κ3) is 4.25. The van der Waals surface area contributed by atoms with E-state index in [9.17, 15) is 4.79 Å². The quantitative estimate of drug-likeness (QED) is 0.445. The second-order valence-electron chi connectivity index (χ2n) is 7.23. The molecule has 0 saturated heterocycles. The van der Waals surface area contributed by atoms with E-state index < -0.39 is 0 Å². The molecule has 0 saturated carbocycles. The fourth-order valence-corrected chi connectivity index (χ4v) is 4.02. The number of benzene rings is 3. The molecule has 0 aliphatic rings. The fraction of sp³-hybridized carbons (Fsp3) is 0.167. The Hall–Kier alpha value is -2.92. The summed E-state index contributed by atoms with van der Waals surface area (Å²) in [4.78, 5) is 17.5. The minimum absolute atomic E-state index is 0.0800. The molecule has 0 bridgehead atoms. The van der Waals surface area contributed by atoms with Crippen molar-refractivity contribution >= 4 is 32.9 Å². The van der Waals surface area contributed by atoms with Crippen molar-refractivity contribution in [2.45, 2.75) is 26.9 Å². The van der Waals surface area contributed by atoms with Gasteiger partial charge in [0.15, 0.2) is 0 Å². The molecule has 1 amide bonds. The third-order valence-electron chi connectivity index (χ3n) is 5.00. The minimum Gasteiger partial charge on any atom is -0.345 e. The molecule has 0 atom stereocenters. The molecular weight excluding hydrogens is 426 g/mol. The Balaban J connectivity index is 1.62. The van der Waals surface area contributed by atoms with Crippen molar-refractivity contribution < 1.29 is 4.79 Å². The highest BCUT2D eigenvalue weighted by atomic mass is 79.9. The Morgan fingerprint density at radius 3 is 2.66 bits per heavy atom. The molecule has 0 fully saturated rings. The highest BCUT2D eigenvalue weighted by Gasteiger charge is 2.14. The van der Waals surface area contributed by atoms with Crippen LogP contribution in [0.3, 0.4) is 0 Å². The largest absolute Gasteiger partial charge is 0.345 e. The predicted octanol–water partition coefficient (Wildman–Crippen LogP) is 5.39. The van der Waals surface area contributed by atoms with Crippen LogP contribution in [0.2, 0.25) is 0 Å². The van der Waals surface area contributed by atoms with Gasteiger partial charge in [-0.3, -0.25) is 4.79 Å². The van der Waals surface area contributed by atoms with Crippen LogP contribution >= 0.6 is 15.9 Å². The number of nitrogens with one attached hydrogen (secondary N) is 1. The number of aryl methyl sites for hydroxylation is 2. The molecule has 5 heteroatoms. The molecule has 4 rings (SSSR count). The van der Waals surface area contributed by atoms with E-state index in [1.165, 1.54) is 5.56 Å². The van der Waals surface area contributed by atoms with E-state index in [1.807, 2.05) is 62.4 Å². The van der Waals surface area contributed by atoms with Crippen LogP contribution in [0.15, 0.2) is 71.2 Å². The summed E-state index contributed by atoms with van der Waals surface area (Å²) in [5.41, 5.74) is 5.98. The van der Waals surface area contributed by atoms with E-state index in [0.717, 1.165) is 32.5 Å². The Labute approximate surface area is 178 Å². The molecule has 0 unspecified atom stereocenters. The van der Waals surface area contributed by atoms with E-state index in [2.05, 4.69) is 44.0 Å². The number of rotatable bonds is 5. The van der Waals surface area contributed by atoms with Crippen LogP contribution in [0.25, 0.3) is 11.0 Å². The second kappa shape index (κ2) is 8.21. The molecule has 0 radical (unpaired) electrons. The monoisotopic (exact) mass is 447 g/mol. The van der Waals surface area contributed by atoms with Crippen molar-refractivity contribution in [2.24, 2.45) is 0 Å². The molecule has 4 nitrogen and oxygen atoms in total.